The van der Waals surface area contributed by atoms with E-state index >= 15 is 0 Å². The zero-order valence-corrected chi connectivity index (χ0v) is 14.8. The molecule has 0 bridgehead atoms. The molecule has 128 valence electrons. The number of rotatable bonds is 5. The lowest BCUT2D eigenvalue weighted by atomic mass is 10.1. The summed E-state index contributed by atoms with van der Waals surface area (Å²) in [6.07, 6.45) is 1.58. The summed E-state index contributed by atoms with van der Waals surface area (Å²) in [4.78, 5) is 4.83. The van der Waals surface area contributed by atoms with E-state index in [1.807, 2.05) is 43.3 Å². The van der Waals surface area contributed by atoms with Crippen molar-refractivity contribution in [3.8, 4) is 23.1 Å². The van der Waals surface area contributed by atoms with Gasteiger partial charge in [0, 0.05) is 29.9 Å². The number of aryl methyl sites for hydroxylation is 1. The predicted octanol–water partition coefficient (Wildman–Crippen LogP) is 3.16. The van der Waals surface area contributed by atoms with Crippen molar-refractivity contribution in [2.24, 2.45) is 5.90 Å². The smallest absolute Gasteiger partial charge is 0.148 e. The molecule has 0 spiro atoms. The molecule has 2 aromatic carbocycles. The molecule has 0 amide bonds. The second-order valence-corrected chi connectivity index (χ2v) is 6.62. The van der Waals surface area contributed by atoms with E-state index < -0.39 is 11.0 Å². The first-order chi connectivity index (χ1) is 12.1. The van der Waals surface area contributed by atoms with E-state index in [0.717, 1.165) is 27.8 Å². The molecule has 1 heterocycles. The maximum absolute atomic E-state index is 11.3. The molecule has 3 rings (SSSR count). The highest BCUT2D eigenvalue weighted by Gasteiger charge is 2.18. The molecule has 0 aliphatic carbocycles. The van der Waals surface area contributed by atoms with Crippen LogP contribution in [0.2, 0.25) is 0 Å². The summed E-state index contributed by atoms with van der Waals surface area (Å²) in [6.45, 7) is 2.72. The van der Waals surface area contributed by atoms with E-state index in [4.69, 9.17) is 10.7 Å². The van der Waals surface area contributed by atoms with Crippen LogP contribution in [0.4, 0.5) is 5.69 Å². The second kappa shape index (κ2) is 6.97. The van der Waals surface area contributed by atoms with Crippen LogP contribution in [0.5, 0.6) is 5.75 Å². The van der Waals surface area contributed by atoms with E-state index in [1.54, 1.807) is 12.3 Å². The van der Waals surface area contributed by atoms with Gasteiger partial charge in [-0.1, -0.05) is 12.1 Å². The molecule has 7 heteroatoms. The van der Waals surface area contributed by atoms with Gasteiger partial charge in [0.2, 0.25) is 0 Å². The third-order valence-electron chi connectivity index (χ3n) is 4.02. The number of benzene rings is 2. The summed E-state index contributed by atoms with van der Waals surface area (Å²) in [7, 11) is -1.13. The Morgan fingerprint density at radius 3 is 2.56 bits per heavy atom. The van der Waals surface area contributed by atoms with Crippen LogP contribution in [-0.4, -0.2) is 15.0 Å². The molecule has 1 aromatic heterocycles. The van der Waals surface area contributed by atoms with Crippen LogP contribution < -0.4 is 15.5 Å². The Balaban J connectivity index is 2.21. The van der Waals surface area contributed by atoms with Crippen molar-refractivity contribution in [3.63, 3.8) is 0 Å². The van der Waals surface area contributed by atoms with Crippen molar-refractivity contribution in [1.29, 1.82) is 5.26 Å². The van der Waals surface area contributed by atoms with Gasteiger partial charge < -0.3 is 14.1 Å². The number of fused-ring (bicyclic) bond motifs is 1. The number of nitrogens with one attached hydrogen (secondary N) is 1. The number of hydrogen-bond donors (Lipinski definition) is 2. The number of nitriles is 1. The summed E-state index contributed by atoms with van der Waals surface area (Å²) in [5.74, 6) is 5.81. The minimum absolute atomic E-state index is 0.542. The topological polar surface area (TPSA) is 93.1 Å². The number of hydrogen-bond acceptors (Lipinski definition) is 4. The lowest BCUT2D eigenvalue weighted by molar-refractivity contribution is 0.335. The van der Waals surface area contributed by atoms with Crippen molar-refractivity contribution in [1.82, 2.24) is 4.57 Å². The molecule has 1 unspecified atom stereocenters. The van der Waals surface area contributed by atoms with Crippen LogP contribution in [0.3, 0.4) is 0 Å². The first kappa shape index (κ1) is 17.0. The largest absolute Gasteiger partial charge is 0.411 e. The third kappa shape index (κ3) is 3.09. The third-order valence-corrected chi connectivity index (χ3v) is 4.54. The van der Waals surface area contributed by atoms with E-state index in [2.05, 4.69) is 15.4 Å². The van der Waals surface area contributed by atoms with E-state index in [9.17, 15) is 9.47 Å². The minimum atomic E-state index is -1.13. The summed E-state index contributed by atoms with van der Waals surface area (Å²) >= 11 is 0. The SMILES string of the molecule is CCn1c(-c2ccc(NS(C)=O)cc2)c(C#N)c2ccc(ON)cc21. The predicted molar refractivity (Wildman–Crippen MR) is 100 cm³/mol. The maximum atomic E-state index is 11.3. The molecule has 0 radical (unpaired) electrons. The van der Waals surface area contributed by atoms with Crippen molar-refractivity contribution in [3.05, 3.63) is 48.0 Å². The van der Waals surface area contributed by atoms with Gasteiger partial charge in [-0.15, -0.1) is 0 Å². The highest BCUT2D eigenvalue weighted by atomic mass is 32.2. The fourth-order valence-corrected chi connectivity index (χ4v) is 3.47. The normalized spacial score (nSPS) is 11.9. The van der Waals surface area contributed by atoms with Crippen LogP contribution in [0.1, 0.15) is 12.5 Å². The van der Waals surface area contributed by atoms with Crippen molar-refractivity contribution in [2.75, 3.05) is 11.0 Å². The van der Waals surface area contributed by atoms with Crippen LogP contribution in [0, 0.1) is 11.3 Å². The maximum Gasteiger partial charge on any atom is 0.148 e. The summed E-state index contributed by atoms with van der Waals surface area (Å²) in [6, 6.07) is 15.3. The van der Waals surface area contributed by atoms with Gasteiger partial charge in [0.05, 0.1) is 16.8 Å². The highest BCUT2D eigenvalue weighted by Crippen LogP contribution is 2.35. The average molecular weight is 354 g/mol. The zero-order chi connectivity index (χ0) is 18.0. The standard InChI is InChI=1S/C18H18N4O2S/c1-3-22-17-10-14(24-20)8-9-15(17)16(11-19)18(22)12-4-6-13(7-5-12)21-25(2)23/h4-10,21H,3,20H2,1-2H3. The fourth-order valence-electron chi connectivity index (χ4n) is 3.01. The molecule has 0 saturated heterocycles. The average Bonchev–Trinajstić information content (AvgIpc) is 2.94. The van der Waals surface area contributed by atoms with Crippen LogP contribution in [0.25, 0.3) is 22.2 Å². The lowest BCUT2D eigenvalue weighted by Gasteiger charge is -2.10. The molecule has 6 nitrogen and oxygen atoms in total. The minimum Gasteiger partial charge on any atom is -0.411 e. The molecular formula is C18H18N4O2S. The second-order valence-electron chi connectivity index (χ2n) is 5.51. The summed E-state index contributed by atoms with van der Waals surface area (Å²) < 4.78 is 16.2. The van der Waals surface area contributed by atoms with Gasteiger partial charge >= 0.3 is 0 Å². The molecule has 1 atom stereocenters. The Hall–Kier alpha value is -2.82. The Bertz CT molecular complexity index is 987. The molecular weight excluding hydrogens is 336 g/mol. The monoisotopic (exact) mass is 354 g/mol. The van der Waals surface area contributed by atoms with Gasteiger partial charge in [0.15, 0.2) is 0 Å². The van der Waals surface area contributed by atoms with E-state index in [1.165, 1.54) is 0 Å². The van der Waals surface area contributed by atoms with E-state index in [-0.39, 0.29) is 0 Å². The highest BCUT2D eigenvalue weighted by molar-refractivity contribution is 7.85. The van der Waals surface area contributed by atoms with Gasteiger partial charge in [0.25, 0.3) is 0 Å². The molecule has 25 heavy (non-hydrogen) atoms. The first-order valence-electron chi connectivity index (χ1n) is 7.72. The molecule has 3 N–H and O–H groups in total. The lowest BCUT2D eigenvalue weighted by Crippen LogP contribution is -2.02. The number of aromatic nitrogens is 1. The summed E-state index contributed by atoms with van der Waals surface area (Å²) in [5.41, 5.74) is 4.03. The van der Waals surface area contributed by atoms with Gasteiger partial charge in [-0.05, 0) is 36.8 Å². The fraction of sp³-hybridized carbons (Fsp3) is 0.167. The Labute approximate surface area is 148 Å². The molecule has 0 saturated carbocycles. The van der Waals surface area contributed by atoms with Gasteiger partial charge in [-0.3, -0.25) is 0 Å². The van der Waals surface area contributed by atoms with Crippen molar-refractivity contribution < 1.29 is 9.05 Å². The Morgan fingerprint density at radius 1 is 1.28 bits per heavy atom. The van der Waals surface area contributed by atoms with Gasteiger partial charge in [0.1, 0.15) is 22.8 Å². The molecule has 0 aliphatic heterocycles. The van der Waals surface area contributed by atoms with Crippen LogP contribution in [0.15, 0.2) is 42.5 Å². The van der Waals surface area contributed by atoms with Gasteiger partial charge in [-0.25, -0.2) is 4.21 Å². The zero-order valence-electron chi connectivity index (χ0n) is 13.9. The van der Waals surface area contributed by atoms with Gasteiger partial charge in [-0.2, -0.15) is 11.2 Å². The van der Waals surface area contributed by atoms with Crippen molar-refractivity contribution >= 4 is 27.6 Å². The Kier molecular flexibility index (Phi) is 4.74. The number of nitrogens with zero attached hydrogens (tertiary/aromatic N) is 2. The van der Waals surface area contributed by atoms with Crippen LogP contribution >= 0.6 is 0 Å². The molecule has 0 fully saturated rings. The van der Waals surface area contributed by atoms with Crippen LogP contribution in [-0.2, 0) is 17.5 Å². The first-order valence-corrected chi connectivity index (χ1v) is 9.28. The quantitative estimate of drug-likeness (QED) is 0.688. The molecule has 0 aliphatic rings. The number of anilines is 1. The number of nitrogens with two attached hydrogens (primary N) is 1. The van der Waals surface area contributed by atoms with Crippen molar-refractivity contribution in [2.45, 2.75) is 13.5 Å². The molecule has 3 aromatic rings. The Morgan fingerprint density at radius 2 is 2.00 bits per heavy atom. The summed E-state index contributed by atoms with van der Waals surface area (Å²) in [5, 5.41) is 10.6. The van der Waals surface area contributed by atoms with E-state index in [0.29, 0.717) is 17.9 Å².